The van der Waals surface area contributed by atoms with Gasteiger partial charge in [-0.25, -0.2) is 9.80 Å². The highest BCUT2D eigenvalue weighted by molar-refractivity contribution is 6.32. The van der Waals surface area contributed by atoms with E-state index in [9.17, 15) is 39.7 Å². The first-order chi connectivity index (χ1) is 26.3. The number of allylic oxidation sites excluding steroid dienone is 2. The van der Waals surface area contributed by atoms with Crippen LogP contribution in [0, 0.1) is 43.9 Å². The van der Waals surface area contributed by atoms with Crippen LogP contribution in [0.2, 0.25) is 5.02 Å². The van der Waals surface area contributed by atoms with Crippen LogP contribution in [0.1, 0.15) is 35.8 Å². The Bertz CT molecular complexity index is 2340. The molecule has 0 bridgehead atoms. The molecule has 6 unspecified atom stereocenters. The summed E-state index contributed by atoms with van der Waals surface area (Å²) in [7, 11) is 2.81. The Morgan fingerprint density at radius 3 is 2.15 bits per heavy atom. The van der Waals surface area contributed by atoms with Gasteiger partial charge in [0.1, 0.15) is 23.5 Å². The van der Waals surface area contributed by atoms with Gasteiger partial charge in [0.05, 0.1) is 44.9 Å². The van der Waals surface area contributed by atoms with Crippen LogP contribution in [-0.4, -0.2) is 52.7 Å². The first-order valence-corrected chi connectivity index (χ1v) is 17.8. The summed E-state index contributed by atoms with van der Waals surface area (Å²) < 4.78 is 6.18. The van der Waals surface area contributed by atoms with Crippen molar-refractivity contribution in [1.82, 2.24) is 0 Å². The Labute approximate surface area is 317 Å². The van der Waals surface area contributed by atoms with E-state index in [1.54, 1.807) is 66.7 Å². The van der Waals surface area contributed by atoms with Gasteiger partial charge in [-0.15, -0.1) is 0 Å². The van der Waals surface area contributed by atoms with Gasteiger partial charge in [0.15, 0.2) is 5.69 Å². The van der Waals surface area contributed by atoms with E-state index in [2.05, 4.69) is 0 Å². The molecule has 0 spiro atoms. The SMILES string of the molecule is CN(C)c1c([N+](=O)[O-])cc(N2C(=O)C3CC=C4C(CC5C(=O)N(c6cccc(Cl)c6)C(=O)C5(c5ccccc5)C4c4ccc(CO)o4)C3C2=O)cc1[N+](=O)[O-]. The number of rotatable bonds is 8. The first-order valence-electron chi connectivity index (χ1n) is 17.4. The minimum Gasteiger partial charge on any atom is -0.463 e. The molecule has 16 heteroatoms. The number of nitro groups is 2. The summed E-state index contributed by atoms with van der Waals surface area (Å²) in [6, 6.07) is 20.3. The molecule has 1 saturated carbocycles. The molecule has 55 heavy (non-hydrogen) atoms. The monoisotopic (exact) mass is 765 g/mol. The Balaban J connectivity index is 1.31. The molecule has 2 aliphatic heterocycles. The zero-order chi connectivity index (χ0) is 39.1. The van der Waals surface area contributed by atoms with E-state index < -0.39 is 86.5 Å². The van der Waals surface area contributed by atoms with Gasteiger partial charge in [-0.1, -0.05) is 59.6 Å². The summed E-state index contributed by atoms with van der Waals surface area (Å²) >= 11 is 6.35. The second-order valence-electron chi connectivity index (χ2n) is 14.3. The largest absolute Gasteiger partial charge is 0.463 e. The molecule has 1 N–H and O–H groups in total. The maximum atomic E-state index is 15.3. The second-order valence-corrected chi connectivity index (χ2v) is 14.7. The van der Waals surface area contributed by atoms with Crippen molar-refractivity contribution in [3.8, 4) is 0 Å². The molecule has 280 valence electrons. The van der Waals surface area contributed by atoms with Crippen molar-refractivity contribution in [2.75, 3.05) is 28.8 Å². The van der Waals surface area contributed by atoms with E-state index in [1.165, 1.54) is 25.1 Å². The van der Waals surface area contributed by atoms with Crippen molar-refractivity contribution >= 4 is 63.7 Å². The summed E-state index contributed by atoms with van der Waals surface area (Å²) in [4.78, 5) is 84.9. The molecule has 6 atom stereocenters. The number of fused-ring (bicyclic) bond motifs is 4. The first kappa shape index (κ1) is 35.8. The molecule has 15 nitrogen and oxygen atoms in total. The van der Waals surface area contributed by atoms with E-state index in [1.807, 2.05) is 0 Å². The predicted molar refractivity (Wildman–Crippen MR) is 197 cm³/mol. The number of benzene rings is 3. The number of carbonyl (C=O) groups excluding carboxylic acids is 4. The number of hydrogen-bond donors (Lipinski definition) is 1. The molecule has 4 aromatic rings. The molecule has 1 aromatic heterocycles. The number of aliphatic hydroxyl groups is 1. The number of hydrogen-bond acceptors (Lipinski definition) is 11. The van der Waals surface area contributed by atoms with E-state index in [4.69, 9.17) is 16.0 Å². The molecule has 3 fully saturated rings. The topological polar surface area (TPSA) is 198 Å². The zero-order valence-electron chi connectivity index (χ0n) is 29.3. The van der Waals surface area contributed by atoms with Gasteiger partial charge in [-0.2, -0.15) is 0 Å². The van der Waals surface area contributed by atoms with Crippen molar-refractivity contribution < 1.29 is 38.5 Å². The van der Waals surface area contributed by atoms with Crippen LogP contribution in [0.5, 0.6) is 0 Å². The summed E-state index contributed by atoms with van der Waals surface area (Å²) in [5.41, 5.74) is -2.21. The van der Waals surface area contributed by atoms with Crippen molar-refractivity contribution in [3.63, 3.8) is 0 Å². The Morgan fingerprint density at radius 1 is 0.855 bits per heavy atom. The van der Waals surface area contributed by atoms with Crippen molar-refractivity contribution in [1.29, 1.82) is 0 Å². The van der Waals surface area contributed by atoms with Crippen LogP contribution in [0.3, 0.4) is 0 Å². The van der Waals surface area contributed by atoms with Gasteiger partial charge in [0, 0.05) is 31.3 Å². The number of anilines is 3. The number of nitro benzene ring substituents is 2. The number of halogens is 1. The average molecular weight is 766 g/mol. The second kappa shape index (κ2) is 13.0. The predicted octanol–water partition coefficient (Wildman–Crippen LogP) is 5.67. The van der Waals surface area contributed by atoms with Crippen LogP contribution < -0.4 is 14.7 Å². The van der Waals surface area contributed by atoms with Crippen LogP contribution >= 0.6 is 11.6 Å². The lowest BCUT2D eigenvalue weighted by atomic mass is 9.50. The van der Waals surface area contributed by atoms with E-state index in [0.717, 1.165) is 21.9 Å². The molecule has 4 aliphatic rings. The molecule has 8 rings (SSSR count). The van der Waals surface area contributed by atoms with Gasteiger partial charge in [0.2, 0.25) is 23.6 Å². The van der Waals surface area contributed by atoms with Crippen molar-refractivity contribution in [2.24, 2.45) is 23.7 Å². The lowest BCUT2D eigenvalue weighted by Gasteiger charge is -2.49. The van der Waals surface area contributed by atoms with Gasteiger partial charge < -0.3 is 14.4 Å². The van der Waals surface area contributed by atoms with Crippen LogP contribution in [-0.2, 0) is 31.2 Å². The fourth-order valence-corrected chi connectivity index (χ4v) is 9.58. The average Bonchev–Trinajstić information content (AvgIpc) is 3.81. The maximum absolute atomic E-state index is 15.3. The third kappa shape index (κ3) is 5.13. The molecular formula is C39H32ClN5O10. The fourth-order valence-electron chi connectivity index (χ4n) is 9.40. The number of furan rings is 1. The Morgan fingerprint density at radius 2 is 1.55 bits per heavy atom. The minimum atomic E-state index is -1.60. The highest BCUT2D eigenvalue weighted by Crippen LogP contribution is 2.65. The quantitative estimate of drug-likeness (QED) is 0.100. The van der Waals surface area contributed by atoms with Crippen LogP contribution in [0.15, 0.2) is 94.9 Å². The van der Waals surface area contributed by atoms with Crippen LogP contribution in [0.4, 0.5) is 28.4 Å². The normalized spacial score (nSPS) is 25.7. The molecule has 2 saturated heterocycles. The van der Waals surface area contributed by atoms with Gasteiger partial charge >= 0.3 is 11.4 Å². The maximum Gasteiger partial charge on any atom is 0.301 e. The van der Waals surface area contributed by atoms with Crippen molar-refractivity contribution in [3.05, 3.63) is 133 Å². The Hall–Kier alpha value is -6.19. The zero-order valence-corrected chi connectivity index (χ0v) is 30.1. The Kier molecular flexibility index (Phi) is 8.46. The standard InChI is InChI=1S/C39H32ClN5O10/c1-41(2)34-29(44(51)52)16-23(17-30(34)45(53)54)42-35(47)26-13-12-25-27(32(26)37(42)49)18-28-36(48)43(22-10-6-9-21(40)15-22)38(50)39(28,20-7-4-3-5-8-20)33(25)31-14-11-24(19-46)55-31/h3-12,14-17,26-28,32-33,46H,13,18-19H2,1-2H3. The minimum absolute atomic E-state index is 0.0251. The summed E-state index contributed by atoms with van der Waals surface area (Å²) in [6.07, 6.45) is 1.78. The molecule has 2 aliphatic carbocycles. The number of imide groups is 2. The van der Waals surface area contributed by atoms with E-state index >= 15 is 4.79 Å². The number of nitrogens with zero attached hydrogens (tertiary/aromatic N) is 5. The van der Waals surface area contributed by atoms with Crippen LogP contribution in [0.25, 0.3) is 0 Å². The molecule has 3 aromatic carbocycles. The lowest BCUT2D eigenvalue weighted by molar-refractivity contribution is -0.392. The molecular weight excluding hydrogens is 734 g/mol. The third-order valence-electron chi connectivity index (χ3n) is 11.4. The number of amides is 4. The molecule has 4 amide bonds. The lowest BCUT2D eigenvalue weighted by Crippen LogP contribution is -2.53. The van der Waals surface area contributed by atoms with E-state index in [0.29, 0.717) is 16.2 Å². The van der Waals surface area contributed by atoms with Gasteiger partial charge in [0.25, 0.3) is 0 Å². The molecule has 3 heterocycles. The summed E-state index contributed by atoms with van der Waals surface area (Å²) in [5, 5.41) is 34.7. The van der Waals surface area contributed by atoms with Gasteiger partial charge in [-0.05, 0) is 54.7 Å². The van der Waals surface area contributed by atoms with Gasteiger partial charge in [-0.3, -0.25) is 39.4 Å². The van der Waals surface area contributed by atoms with Crippen molar-refractivity contribution in [2.45, 2.75) is 30.8 Å². The smallest absolute Gasteiger partial charge is 0.301 e. The summed E-state index contributed by atoms with van der Waals surface area (Å²) in [5.74, 6) is -7.00. The highest BCUT2D eigenvalue weighted by atomic mass is 35.5. The number of aliphatic hydroxyl groups excluding tert-OH is 1. The number of carbonyl (C=O) groups is 4. The third-order valence-corrected chi connectivity index (χ3v) is 11.7. The summed E-state index contributed by atoms with van der Waals surface area (Å²) in [6.45, 7) is -0.448. The highest BCUT2D eigenvalue weighted by Gasteiger charge is 2.71. The molecule has 0 radical (unpaired) electrons. The van der Waals surface area contributed by atoms with E-state index in [-0.39, 0.29) is 41.4 Å². The fraction of sp³-hybridized carbons (Fsp3) is 0.282.